The van der Waals surface area contributed by atoms with E-state index >= 15 is 0 Å². The molecule has 0 aliphatic rings. The van der Waals surface area contributed by atoms with E-state index in [1.807, 2.05) is 63.2 Å². The Morgan fingerprint density at radius 1 is 0.968 bits per heavy atom. The van der Waals surface area contributed by atoms with Crippen LogP contribution in [-0.4, -0.2) is 32.8 Å². The molecule has 0 fully saturated rings. The summed E-state index contributed by atoms with van der Waals surface area (Å²) in [6.45, 7) is 8.36. The molecule has 0 radical (unpaired) electrons. The first-order valence-corrected chi connectivity index (χ1v) is 10.4. The van der Waals surface area contributed by atoms with Crippen molar-refractivity contribution >= 4 is 28.4 Å². The van der Waals surface area contributed by atoms with Crippen molar-refractivity contribution < 1.29 is 9.53 Å². The zero-order valence-electron chi connectivity index (χ0n) is 18.2. The lowest BCUT2D eigenvalue weighted by Crippen LogP contribution is -2.28. The van der Waals surface area contributed by atoms with Crippen molar-refractivity contribution in [2.24, 2.45) is 0 Å². The van der Waals surface area contributed by atoms with Crippen molar-refractivity contribution in [3.05, 3.63) is 73.1 Å². The molecular formula is C25H26N4O2. The SMILES string of the molecule is CCN(c1ccccc1)c1c(-c2ncccn2)n(C(=O)OC(C)(C)C)c2ccccc12. The smallest absolute Gasteiger partial charge is 0.419 e. The molecule has 0 saturated heterocycles. The summed E-state index contributed by atoms with van der Waals surface area (Å²) in [5.41, 5.74) is 2.63. The van der Waals surface area contributed by atoms with E-state index in [0.717, 1.165) is 22.3 Å². The second-order valence-electron chi connectivity index (χ2n) is 8.18. The lowest BCUT2D eigenvalue weighted by Gasteiger charge is -2.25. The van der Waals surface area contributed by atoms with Crippen LogP contribution in [0.15, 0.2) is 73.1 Å². The van der Waals surface area contributed by atoms with E-state index in [1.54, 1.807) is 23.0 Å². The van der Waals surface area contributed by atoms with Crippen LogP contribution in [0.2, 0.25) is 0 Å². The Balaban J connectivity index is 2.07. The van der Waals surface area contributed by atoms with Gasteiger partial charge in [0.2, 0.25) is 0 Å². The minimum absolute atomic E-state index is 0.457. The van der Waals surface area contributed by atoms with Gasteiger partial charge in [-0.2, -0.15) is 0 Å². The van der Waals surface area contributed by atoms with Gasteiger partial charge in [-0.15, -0.1) is 0 Å². The number of ether oxygens (including phenoxy) is 1. The summed E-state index contributed by atoms with van der Waals surface area (Å²) in [4.78, 5) is 24.5. The van der Waals surface area contributed by atoms with Crippen LogP contribution in [-0.2, 0) is 4.74 Å². The average molecular weight is 415 g/mol. The van der Waals surface area contributed by atoms with Gasteiger partial charge >= 0.3 is 6.09 Å². The van der Waals surface area contributed by atoms with Crippen molar-refractivity contribution in [1.82, 2.24) is 14.5 Å². The topological polar surface area (TPSA) is 60.2 Å². The van der Waals surface area contributed by atoms with Crippen LogP contribution >= 0.6 is 0 Å². The van der Waals surface area contributed by atoms with Gasteiger partial charge in [0.05, 0.1) is 11.2 Å². The normalized spacial score (nSPS) is 11.5. The van der Waals surface area contributed by atoms with Gasteiger partial charge in [0.15, 0.2) is 5.82 Å². The quantitative estimate of drug-likeness (QED) is 0.407. The molecule has 0 unspecified atom stereocenters. The molecule has 6 heteroatoms. The molecule has 4 rings (SSSR count). The lowest BCUT2D eigenvalue weighted by atomic mass is 10.1. The standard InChI is InChI=1S/C25H26N4O2/c1-5-28(18-12-7-6-8-13-18)21-19-14-9-10-15-20(19)29(24(30)31-25(2,3)4)22(21)23-26-16-11-17-27-23/h6-17H,5H2,1-4H3. The number of fused-ring (bicyclic) bond motifs is 1. The summed E-state index contributed by atoms with van der Waals surface area (Å²) < 4.78 is 7.37. The van der Waals surface area contributed by atoms with Crippen molar-refractivity contribution in [3.8, 4) is 11.5 Å². The van der Waals surface area contributed by atoms with Gasteiger partial charge in [0.25, 0.3) is 0 Å². The third-order valence-corrected chi connectivity index (χ3v) is 4.86. The highest BCUT2D eigenvalue weighted by molar-refractivity contribution is 6.08. The second-order valence-corrected chi connectivity index (χ2v) is 8.18. The number of nitrogens with zero attached hydrogens (tertiary/aromatic N) is 4. The monoisotopic (exact) mass is 414 g/mol. The fourth-order valence-electron chi connectivity index (χ4n) is 3.70. The first-order valence-electron chi connectivity index (χ1n) is 10.4. The van der Waals surface area contributed by atoms with Crippen LogP contribution < -0.4 is 4.90 Å². The van der Waals surface area contributed by atoms with E-state index in [9.17, 15) is 4.79 Å². The highest BCUT2D eigenvalue weighted by atomic mass is 16.6. The molecule has 0 atom stereocenters. The molecule has 0 aliphatic heterocycles. The van der Waals surface area contributed by atoms with E-state index < -0.39 is 11.7 Å². The maximum absolute atomic E-state index is 13.4. The van der Waals surface area contributed by atoms with Gasteiger partial charge in [0, 0.05) is 30.0 Å². The fraction of sp³-hybridized carbons (Fsp3) is 0.240. The number of rotatable bonds is 4. The molecule has 158 valence electrons. The molecule has 0 spiro atoms. The highest BCUT2D eigenvalue weighted by Gasteiger charge is 2.30. The molecule has 0 amide bonds. The summed E-state index contributed by atoms with van der Waals surface area (Å²) in [6, 6.07) is 19.7. The lowest BCUT2D eigenvalue weighted by molar-refractivity contribution is 0.0547. The molecule has 31 heavy (non-hydrogen) atoms. The number of carbonyl (C=O) groups excluding carboxylic acids is 1. The first-order chi connectivity index (χ1) is 14.9. The predicted octanol–water partition coefficient (Wildman–Crippen LogP) is 6.04. The number of benzene rings is 2. The molecular weight excluding hydrogens is 388 g/mol. The Bertz CT molecular complexity index is 1190. The van der Waals surface area contributed by atoms with Crippen LogP contribution in [0.1, 0.15) is 27.7 Å². The van der Waals surface area contributed by atoms with Crippen LogP contribution in [0.3, 0.4) is 0 Å². The molecule has 6 nitrogen and oxygen atoms in total. The van der Waals surface area contributed by atoms with Gasteiger partial charge in [0.1, 0.15) is 11.3 Å². The Morgan fingerprint density at radius 3 is 2.26 bits per heavy atom. The van der Waals surface area contributed by atoms with E-state index in [-0.39, 0.29) is 0 Å². The van der Waals surface area contributed by atoms with E-state index in [4.69, 9.17) is 4.74 Å². The van der Waals surface area contributed by atoms with Crippen LogP contribution in [0.4, 0.5) is 16.2 Å². The second kappa shape index (κ2) is 8.22. The maximum atomic E-state index is 13.4. The molecule has 4 aromatic rings. The number of hydrogen-bond acceptors (Lipinski definition) is 5. The van der Waals surface area contributed by atoms with Gasteiger partial charge in [-0.3, -0.25) is 0 Å². The minimum Gasteiger partial charge on any atom is -0.443 e. The number of anilines is 2. The molecule has 0 aliphatic carbocycles. The van der Waals surface area contributed by atoms with Crippen LogP contribution in [0, 0.1) is 0 Å². The van der Waals surface area contributed by atoms with Crippen LogP contribution in [0.5, 0.6) is 0 Å². The Kier molecular flexibility index (Phi) is 5.46. The zero-order valence-corrected chi connectivity index (χ0v) is 18.2. The number of aromatic nitrogens is 3. The minimum atomic E-state index is -0.638. The number of hydrogen-bond donors (Lipinski definition) is 0. The van der Waals surface area contributed by atoms with Crippen LogP contribution in [0.25, 0.3) is 22.4 Å². The summed E-state index contributed by atoms with van der Waals surface area (Å²) in [6.07, 6.45) is 2.91. The molecule has 0 bridgehead atoms. The zero-order chi connectivity index (χ0) is 22.0. The van der Waals surface area contributed by atoms with E-state index in [0.29, 0.717) is 18.1 Å². The van der Waals surface area contributed by atoms with E-state index in [1.165, 1.54) is 0 Å². The number of carbonyl (C=O) groups is 1. The largest absolute Gasteiger partial charge is 0.443 e. The summed E-state index contributed by atoms with van der Waals surface area (Å²) in [5, 5.41) is 0.932. The molecule has 0 saturated carbocycles. The Morgan fingerprint density at radius 2 is 1.61 bits per heavy atom. The predicted molar refractivity (Wildman–Crippen MR) is 124 cm³/mol. The molecule has 0 N–H and O–H groups in total. The Hall–Kier alpha value is -3.67. The van der Waals surface area contributed by atoms with Gasteiger partial charge < -0.3 is 9.64 Å². The van der Waals surface area contributed by atoms with E-state index in [2.05, 4.69) is 33.9 Å². The highest BCUT2D eigenvalue weighted by Crippen LogP contribution is 2.42. The fourth-order valence-corrected chi connectivity index (χ4v) is 3.70. The van der Waals surface area contributed by atoms with Crippen molar-refractivity contribution in [2.75, 3.05) is 11.4 Å². The number of para-hydroxylation sites is 2. The summed E-state index contributed by atoms with van der Waals surface area (Å²) in [7, 11) is 0. The van der Waals surface area contributed by atoms with Gasteiger partial charge in [-0.1, -0.05) is 36.4 Å². The summed E-state index contributed by atoms with van der Waals surface area (Å²) >= 11 is 0. The van der Waals surface area contributed by atoms with Crippen molar-refractivity contribution in [3.63, 3.8) is 0 Å². The van der Waals surface area contributed by atoms with Crippen molar-refractivity contribution in [1.29, 1.82) is 0 Å². The first kappa shape index (κ1) is 20.6. The average Bonchev–Trinajstić information content (AvgIpc) is 3.10. The molecule has 2 aromatic heterocycles. The summed E-state index contributed by atoms with van der Waals surface area (Å²) in [5.74, 6) is 0.467. The third-order valence-electron chi connectivity index (χ3n) is 4.86. The third kappa shape index (κ3) is 4.01. The van der Waals surface area contributed by atoms with Crippen molar-refractivity contribution in [2.45, 2.75) is 33.3 Å². The maximum Gasteiger partial charge on any atom is 0.419 e. The van der Waals surface area contributed by atoms with Gasteiger partial charge in [-0.05, 0) is 52.0 Å². The Labute approximate surface area is 182 Å². The molecule has 2 heterocycles. The van der Waals surface area contributed by atoms with Gasteiger partial charge in [-0.25, -0.2) is 19.3 Å². The molecule has 2 aromatic carbocycles.